The molecule has 2 amide bonds. The summed E-state index contributed by atoms with van der Waals surface area (Å²) in [6.45, 7) is 8.15. The number of amides is 2. The number of hydrogen-bond acceptors (Lipinski definition) is 3. The molecule has 1 aliphatic heterocycles. The Balaban J connectivity index is 2.11. The van der Waals surface area contributed by atoms with Crippen LogP contribution in [0.5, 0.6) is 0 Å². The molecule has 1 aromatic heterocycles. The molecule has 1 aromatic carbocycles. The predicted molar refractivity (Wildman–Crippen MR) is 102 cm³/mol. The number of aromatic nitrogens is 1. The average molecular weight is 353 g/mol. The number of carbonyl (C=O) groups is 2. The third kappa shape index (κ3) is 3.00. The summed E-state index contributed by atoms with van der Waals surface area (Å²) >= 11 is 4.82. The minimum Gasteiger partial charge on any atom is -0.318 e. The van der Waals surface area contributed by atoms with Gasteiger partial charge < -0.3 is 4.57 Å². The quantitative estimate of drug-likeness (QED) is 0.496. The van der Waals surface area contributed by atoms with Gasteiger partial charge in [-0.25, -0.2) is 0 Å². The van der Waals surface area contributed by atoms with Gasteiger partial charge in [0.05, 0.1) is 0 Å². The fraction of sp³-hybridized carbons (Fsp3) is 0.211. The van der Waals surface area contributed by atoms with Crippen molar-refractivity contribution < 1.29 is 9.59 Å². The second-order valence-electron chi connectivity index (χ2n) is 6.18. The van der Waals surface area contributed by atoms with Gasteiger partial charge in [-0.15, -0.1) is 0 Å². The number of nitrogens with one attached hydrogen (secondary N) is 2. The Hall–Kier alpha value is -2.73. The Morgan fingerprint density at radius 1 is 1.04 bits per heavy atom. The normalized spacial score (nSPS) is 14.4. The Morgan fingerprint density at radius 2 is 1.68 bits per heavy atom. The lowest BCUT2D eigenvalue weighted by molar-refractivity contribution is -0.123. The lowest BCUT2D eigenvalue weighted by atomic mass is 10.1. The van der Waals surface area contributed by atoms with E-state index in [2.05, 4.69) is 41.2 Å². The summed E-state index contributed by atoms with van der Waals surface area (Å²) in [5, 5.41) is 4.94. The smallest absolute Gasteiger partial charge is 0.263 e. The first-order valence-corrected chi connectivity index (χ1v) is 8.34. The number of benzene rings is 1. The van der Waals surface area contributed by atoms with E-state index in [-0.39, 0.29) is 10.7 Å². The van der Waals surface area contributed by atoms with E-state index in [1.165, 1.54) is 11.1 Å². The Morgan fingerprint density at radius 3 is 2.32 bits per heavy atom. The highest BCUT2D eigenvalue weighted by Crippen LogP contribution is 2.26. The molecule has 6 heteroatoms. The molecule has 0 atom stereocenters. The van der Waals surface area contributed by atoms with E-state index in [1.807, 2.05) is 26.0 Å². The average Bonchev–Trinajstić information content (AvgIpc) is 2.80. The third-order valence-corrected chi connectivity index (χ3v) is 4.73. The van der Waals surface area contributed by atoms with Gasteiger partial charge >= 0.3 is 0 Å². The summed E-state index contributed by atoms with van der Waals surface area (Å²) in [5.74, 6) is -0.962. The molecule has 0 saturated carbocycles. The summed E-state index contributed by atoms with van der Waals surface area (Å²) in [4.78, 5) is 24.1. The van der Waals surface area contributed by atoms with Crippen molar-refractivity contribution in [3.05, 3.63) is 57.9 Å². The Kier molecular flexibility index (Phi) is 4.30. The molecule has 2 heterocycles. The molecule has 2 aromatic rings. The van der Waals surface area contributed by atoms with E-state index >= 15 is 0 Å². The van der Waals surface area contributed by atoms with Crippen LogP contribution in [0, 0.1) is 27.7 Å². The van der Waals surface area contributed by atoms with Crippen molar-refractivity contribution in [2.45, 2.75) is 27.7 Å². The topological polar surface area (TPSA) is 63.1 Å². The first kappa shape index (κ1) is 17.1. The number of thiocarbonyl (C=S) groups is 1. The maximum Gasteiger partial charge on any atom is 0.263 e. The molecule has 1 saturated heterocycles. The molecule has 25 heavy (non-hydrogen) atoms. The molecule has 0 spiro atoms. The number of nitrogens with zero attached hydrogens (tertiary/aromatic N) is 1. The molecular formula is C19H19N3O2S. The van der Waals surface area contributed by atoms with E-state index in [0.717, 1.165) is 22.6 Å². The zero-order valence-electron chi connectivity index (χ0n) is 14.6. The molecule has 1 fully saturated rings. The third-order valence-electron chi connectivity index (χ3n) is 4.53. The lowest BCUT2D eigenvalue weighted by Gasteiger charge is -2.16. The van der Waals surface area contributed by atoms with Gasteiger partial charge in [-0.05, 0) is 74.8 Å². The van der Waals surface area contributed by atoms with Crippen molar-refractivity contribution in [1.29, 1.82) is 0 Å². The van der Waals surface area contributed by atoms with Gasteiger partial charge in [0.15, 0.2) is 5.11 Å². The highest BCUT2D eigenvalue weighted by atomic mass is 32.1. The summed E-state index contributed by atoms with van der Waals surface area (Å²) < 4.78 is 2.14. The fourth-order valence-electron chi connectivity index (χ4n) is 3.04. The van der Waals surface area contributed by atoms with Crippen LogP contribution < -0.4 is 10.6 Å². The van der Waals surface area contributed by atoms with Crippen LogP contribution in [0.4, 0.5) is 0 Å². The SMILES string of the molecule is Cc1cccc(-n2c(C)cc(C=C3C(=O)NC(=S)NC3=O)c2C)c1C. The van der Waals surface area contributed by atoms with Crippen molar-refractivity contribution in [2.75, 3.05) is 0 Å². The molecule has 5 nitrogen and oxygen atoms in total. The van der Waals surface area contributed by atoms with Crippen LogP contribution >= 0.6 is 12.2 Å². The van der Waals surface area contributed by atoms with E-state index in [4.69, 9.17) is 12.2 Å². The number of carbonyl (C=O) groups excluding carboxylic acids is 2. The second kappa shape index (κ2) is 6.29. The van der Waals surface area contributed by atoms with Gasteiger partial charge in [-0.3, -0.25) is 20.2 Å². The van der Waals surface area contributed by atoms with Crippen molar-refractivity contribution in [1.82, 2.24) is 15.2 Å². The van der Waals surface area contributed by atoms with Crippen LogP contribution in [-0.4, -0.2) is 21.5 Å². The minimum atomic E-state index is -0.481. The number of hydrogen-bond donors (Lipinski definition) is 2. The van der Waals surface area contributed by atoms with Gasteiger partial charge in [0.1, 0.15) is 5.57 Å². The highest BCUT2D eigenvalue weighted by molar-refractivity contribution is 7.80. The molecular weight excluding hydrogens is 334 g/mol. The largest absolute Gasteiger partial charge is 0.318 e. The van der Waals surface area contributed by atoms with Crippen LogP contribution in [0.25, 0.3) is 11.8 Å². The first-order chi connectivity index (χ1) is 11.8. The number of aryl methyl sites for hydroxylation is 2. The summed E-state index contributed by atoms with van der Waals surface area (Å²) in [6, 6.07) is 8.14. The number of rotatable bonds is 2. The zero-order chi connectivity index (χ0) is 18.3. The van der Waals surface area contributed by atoms with Gasteiger partial charge in [0.25, 0.3) is 11.8 Å². The van der Waals surface area contributed by atoms with Crippen molar-refractivity contribution in [2.24, 2.45) is 0 Å². The second-order valence-corrected chi connectivity index (χ2v) is 6.58. The van der Waals surface area contributed by atoms with Gasteiger partial charge in [-0.1, -0.05) is 12.1 Å². The van der Waals surface area contributed by atoms with Crippen LogP contribution in [0.2, 0.25) is 0 Å². The summed E-state index contributed by atoms with van der Waals surface area (Å²) in [5.41, 5.74) is 6.38. The van der Waals surface area contributed by atoms with Crippen molar-refractivity contribution in [3.8, 4) is 5.69 Å². The van der Waals surface area contributed by atoms with E-state index in [9.17, 15) is 9.59 Å². The lowest BCUT2D eigenvalue weighted by Crippen LogP contribution is -2.51. The van der Waals surface area contributed by atoms with Gasteiger partial charge in [-0.2, -0.15) is 0 Å². The first-order valence-electron chi connectivity index (χ1n) is 7.93. The Labute approximate surface area is 151 Å². The molecule has 0 radical (unpaired) electrons. The summed E-state index contributed by atoms with van der Waals surface area (Å²) in [7, 11) is 0. The van der Waals surface area contributed by atoms with Gasteiger partial charge in [0, 0.05) is 17.1 Å². The van der Waals surface area contributed by atoms with E-state index in [1.54, 1.807) is 6.08 Å². The molecule has 3 rings (SSSR count). The fourth-order valence-corrected chi connectivity index (χ4v) is 3.23. The Bertz CT molecular complexity index is 932. The van der Waals surface area contributed by atoms with Gasteiger partial charge in [0.2, 0.25) is 0 Å². The van der Waals surface area contributed by atoms with Crippen LogP contribution in [-0.2, 0) is 9.59 Å². The molecule has 1 aliphatic rings. The maximum absolute atomic E-state index is 12.1. The van der Waals surface area contributed by atoms with Crippen LogP contribution in [0.15, 0.2) is 29.8 Å². The monoisotopic (exact) mass is 353 g/mol. The van der Waals surface area contributed by atoms with Crippen LogP contribution in [0.1, 0.15) is 28.1 Å². The summed E-state index contributed by atoms with van der Waals surface area (Å²) in [6.07, 6.45) is 1.61. The highest BCUT2D eigenvalue weighted by Gasteiger charge is 2.26. The molecule has 2 N–H and O–H groups in total. The molecule has 0 unspecified atom stereocenters. The van der Waals surface area contributed by atoms with E-state index < -0.39 is 11.8 Å². The predicted octanol–water partition coefficient (Wildman–Crippen LogP) is 2.63. The van der Waals surface area contributed by atoms with E-state index in [0.29, 0.717) is 0 Å². The van der Waals surface area contributed by atoms with Crippen molar-refractivity contribution in [3.63, 3.8) is 0 Å². The molecule has 0 aliphatic carbocycles. The standard InChI is InChI=1S/C19H19N3O2S/c1-10-6-5-7-16(12(10)3)22-11(2)8-14(13(22)4)9-15-17(23)20-19(25)21-18(15)24/h5-9H,1-4H3,(H2,20,21,23,24,25). The molecule has 128 valence electrons. The van der Waals surface area contributed by atoms with Crippen LogP contribution in [0.3, 0.4) is 0 Å². The molecule has 0 bridgehead atoms. The minimum absolute atomic E-state index is 0.0352. The zero-order valence-corrected chi connectivity index (χ0v) is 15.4. The van der Waals surface area contributed by atoms with Crippen molar-refractivity contribution >= 4 is 35.2 Å². The maximum atomic E-state index is 12.1.